The van der Waals surface area contributed by atoms with Gasteiger partial charge in [-0.1, -0.05) is 12.7 Å². The minimum Gasteiger partial charge on any atom is -0.431 e. The summed E-state index contributed by atoms with van der Waals surface area (Å²) in [6.07, 6.45) is -4.29. The number of ether oxygens (including phenoxy) is 2. The minimum atomic E-state index is -6.78. The van der Waals surface area contributed by atoms with Crippen LogP contribution in [-0.2, 0) is 29.1 Å². The lowest BCUT2D eigenvalue weighted by Crippen LogP contribution is -2.46. The van der Waals surface area contributed by atoms with Crippen LogP contribution in [0.3, 0.4) is 0 Å². The maximum Gasteiger partial charge on any atom is 0.508 e. The van der Waals surface area contributed by atoms with Crippen LogP contribution >= 0.6 is 0 Å². The van der Waals surface area contributed by atoms with Crippen LogP contribution in [0.1, 0.15) is 13.3 Å². The molecule has 0 aromatic carbocycles. The van der Waals surface area contributed by atoms with E-state index in [1.165, 1.54) is 0 Å². The number of carbonyl (C=O) groups excluding carboxylic acids is 1. The van der Waals surface area contributed by atoms with E-state index in [0.29, 0.717) is 6.92 Å². The Morgan fingerprint density at radius 1 is 1.04 bits per heavy atom. The first kappa shape index (κ1) is 23.5. The summed E-state index contributed by atoms with van der Waals surface area (Å²) in [7, 11) is -13.6. The summed E-state index contributed by atoms with van der Waals surface area (Å²) in [5.74, 6) is 0. The van der Waals surface area contributed by atoms with Gasteiger partial charge in [0.2, 0.25) is 0 Å². The summed E-state index contributed by atoms with van der Waals surface area (Å²) in [5, 5.41) is 0. The molecule has 0 fully saturated rings. The number of hydrogen-bond acceptors (Lipinski definition) is 7. The van der Waals surface area contributed by atoms with Crippen molar-refractivity contribution in [1.82, 2.24) is 0 Å². The molecule has 0 aromatic heterocycles. The van der Waals surface area contributed by atoms with Gasteiger partial charge in [0.05, 0.1) is 0 Å². The van der Waals surface area contributed by atoms with Crippen LogP contribution in [0, 0.1) is 0 Å². The maximum absolute atomic E-state index is 12.5. The fourth-order valence-corrected chi connectivity index (χ4v) is 5.00. The van der Waals surface area contributed by atoms with Gasteiger partial charge in [0.15, 0.2) is 4.58 Å². The van der Waals surface area contributed by atoms with E-state index in [4.69, 9.17) is 0 Å². The molecule has 0 aromatic rings. The highest BCUT2D eigenvalue weighted by molar-refractivity contribution is 8.09. The van der Waals surface area contributed by atoms with Crippen LogP contribution in [0.5, 0.6) is 0 Å². The van der Waals surface area contributed by atoms with Gasteiger partial charge in [-0.15, -0.1) is 0 Å². The zero-order chi connectivity index (χ0) is 20.3. The zero-order valence-electron chi connectivity index (χ0n) is 12.3. The molecule has 0 radical (unpaired) electrons. The Kier molecular flexibility index (Phi) is 7.33. The molecule has 0 aliphatic heterocycles. The molecule has 0 heterocycles. The van der Waals surface area contributed by atoms with Gasteiger partial charge in [0.1, 0.15) is 12.7 Å². The largest absolute Gasteiger partial charge is 0.508 e. The van der Waals surface area contributed by atoms with Crippen molar-refractivity contribution >= 4 is 25.8 Å². The Hall–Kier alpha value is -1.51. The number of sulfone groups is 2. The van der Waals surface area contributed by atoms with Crippen LogP contribution in [0.2, 0.25) is 0 Å². The number of carbonyl (C=O) groups is 1. The molecule has 25 heavy (non-hydrogen) atoms. The van der Waals surface area contributed by atoms with E-state index in [2.05, 4.69) is 16.1 Å². The molecular weight excluding hydrogens is 410 g/mol. The predicted octanol–water partition coefficient (Wildman–Crippen LogP) is 2.30. The first-order chi connectivity index (χ1) is 11.0. The third-order valence-corrected chi connectivity index (χ3v) is 7.06. The van der Waals surface area contributed by atoms with E-state index in [1.807, 2.05) is 0 Å². The van der Waals surface area contributed by atoms with Crippen molar-refractivity contribution in [3.63, 3.8) is 0 Å². The second-order valence-electron chi connectivity index (χ2n) is 4.42. The summed E-state index contributed by atoms with van der Waals surface area (Å²) in [4.78, 5) is 11.1. The average molecular weight is 422 g/mol. The first-order valence-electron chi connectivity index (χ1n) is 6.03. The fourth-order valence-electron chi connectivity index (χ4n) is 1.36. The van der Waals surface area contributed by atoms with E-state index < -0.39 is 60.6 Å². The van der Waals surface area contributed by atoms with Gasteiger partial charge in [-0.25, -0.2) is 21.6 Å². The molecule has 7 nitrogen and oxygen atoms in total. The smallest absolute Gasteiger partial charge is 0.431 e. The normalized spacial score (nSPS) is 14.9. The minimum absolute atomic E-state index is 0.420. The molecule has 0 amide bonds. The van der Waals surface area contributed by atoms with E-state index in [-0.39, 0.29) is 0 Å². The van der Waals surface area contributed by atoms with E-state index in [9.17, 15) is 48.0 Å². The van der Waals surface area contributed by atoms with Crippen LogP contribution in [0.15, 0.2) is 12.7 Å². The third kappa shape index (κ3) is 5.76. The molecule has 1 atom stereocenters. The fraction of sp³-hybridized carbons (Fsp3) is 0.700. The van der Waals surface area contributed by atoms with Gasteiger partial charge in [0, 0.05) is 6.42 Å². The van der Waals surface area contributed by atoms with Crippen molar-refractivity contribution < 1.29 is 57.4 Å². The monoisotopic (exact) mass is 422 g/mol. The maximum atomic E-state index is 12.5. The molecular formula is C10H12F6O7S2. The molecule has 0 spiro atoms. The van der Waals surface area contributed by atoms with Crippen LogP contribution < -0.4 is 0 Å². The Morgan fingerprint density at radius 3 is 1.76 bits per heavy atom. The SMILES string of the molecule is C=CCOC(=O)OC(C)CC(S(=O)(=O)C(F)(F)F)S(=O)(=O)C(F)(F)F. The van der Waals surface area contributed by atoms with Gasteiger partial charge in [0.25, 0.3) is 19.7 Å². The molecule has 0 aliphatic carbocycles. The van der Waals surface area contributed by atoms with Crippen molar-refractivity contribution in [2.24, 2.45) is 0 Å². The quantitative estimate of drug-likeness (QED) is 0.352. The van der Waals surface area contributed by atoms with E-state index in [1.54, 1.807) is 0 Å². The van der Waals surface area contributed by atoms with Crippen LogP contribution in [0.25, 0.3) is 0 Å². The highest BCUT2D eigenvalue weighted by atomic mass is 32.3. The molecule has 1 unspecified atom stereocenters. The van der Waals surface area contributed by atoms with Crippen molar-refractivity contribution in [1.29, 1.82) is 0 Å². The number of alkyl halides is 6. The summed E-state index contributed by atoms with van der Waals surface area (Å²) < 4.78 is 125. The average Bonchev–Trinajstić information content (AvgIpc) is 2.39. The lowest BCUT2D eigenvalue weighted by molar-refractivity contribution is -0.0477. The van der Waals surface area contributed by atoms with Gasteiger partial charge < -0.3 is 9.47 Å². The molecule has 15 heteroatoms. The van der Waals surface area contributed by atoms with Crippen molar-refractivity contribution in [3.8, 4) is 0 Å². The zero-order valence-corrected chi connectivity index (χ0v) is 13.9. The number of rotatable bonds is 7. The lowest BCUT2D eigenvalue weighted by atomic mass is 10.3. The molecule has 0 rings (SSSR count). The van der Waals surface area contributed by atoms with E-state index >= 15 is 0 Å². The van der Waals surface area contributed by atoms with Gasteiger partial charge in [-0.2, -0.15) is 26.3 Å². The van der Waals surface area contributed by atoms with Gasteiger partial charge in [-0.3, -0.25) is 0 Å². The Bertz CT molecular complexity index is 648. The molecule has 0 bridgehead atoms. The highest BCUT2D eigenvalue weighted by Gasteiger charge is 2.63. The second-order valence-corrected chi connectivity index (χ2v) is 8.97. The van der Waals surface area contributed by atoms with Crippen molar-refractivity contribution in [2.75, 3.05) is 6.61 Å². The molecule has 0 saturated carbocycles. The predicted molar refractivity (Wildman–Crippen MR) is 70.4 cm³/mol. The van der Waals surface area contributed by atoms with Crippen molar-refractivity contribution in [2.45, 2.75) is 35.0 Å². The van der Waals surface area contributed by atoms with Gasteiger partial charge in [-0.05, 0) is 6.92 Å². The standard InChI is InChI=1S/C10H12F6O7S2/c1-3-4-22-8(17)23-6(2)5-7(24(18,19)9(11,12)13)25(20,21)10(14,15)16/h3,6-7H,1,4-5H2,2H3. The number of halogens is 6. The Morgan fingerprint density at radius 2 is 1.44 bits per heavy atom. The summed E-state index contributed by atoms with van der Waals surface area (Å²) >= 11 is 0. The third-order valence-electron chi connectivity index (χ3n) is 2.48. The molecule has 0 saturated heterocycles. The topological polar surface area (TPSA) is 104 Å². The Labute approximate surface area is 138 Å². The van der Waals surface area contributed by atoms with E-state index in [0.717, 1.165) is 6.08 Å². The first-order valence-corrected chi connectivity index (χ1v) is 9.12. The highest BCUT2D eigenvalue weighted by Crippen LogP contribution is 2.38. The van der Waals surface area contributed by atoms with Crippen LogP contribution in [-0.4, -0.2) is 51.3 Å². The van der Waals surface area contributed by atoms with Crippen molar-refractivity contribution in [3.05, 3.63) is 12.7 Å². The van der Waals surface area contributed by atoms with Crippen LogP contribution in [0.4, 0.5) is 31.1 Å². The lowest BCUT2D eigenvalue weighted by Gasteiger charge is -2.23. The Balaban J connectivity index is 5.74. The molecule has 148 valence electrons. The molecule has 0 aliphatic rings. The summed E-state index contributed by atoms with van der Waals surface area (Å²) in [6.45, 7) is 3.41. The second kappa shape index (κ2) is 7.80. The number of hydrogen-bond donors (Lipinski definition) is 0. The summed E-state index contributed by atoms with van der Waals surface area (Å²) in [6, 6.07) is 0. The molecule has 0 N–H and O–H groups in total. The summed E-state index contributed by atoms with van der Waals surface area (Å²) in [5.41, 5.74) is -12.6. The van der Waals surface area contributed by atoms with Gasteiger partial charge >= 0.3 is 17.2 Å².